The molecule has 0 atom stereocenters. The van der Waals surface area contributed by atoms with Crippen molar-refractivity contribution in [3.8, 4) is 0 Å². The zero-order valence-corrected chi connectivity index (χ0v) is 19.2. The van der Waals surface area contributed by atoms with E-state index in [4.69, 9.17) is 11.6 Å². The molecule has 4 rings (SSSR count). The van der Waals surface area contributed by atoms with E-state index in [0.29, 0.717) is 34.2 Å². The van der Waals surface area contributed by atoms with Crippen LogP contribution in [0.1, 0.15) is 26.3 Å². The van der Waals surface area contributed by atoms with E-state index in [1.54, 1.807) is 48.5 Å². The van der Waals surface area contributed by atoms with Gasteiger partial charge in [-0.05, 0) is 35.9 Å². The van der Waals surface area contributed by atoms with Gasteiger partial charge in [-0.3, -0.25) is 9.59 Å². The fraction of sp³-hybridized carbons (Fsp3) is 0.240. The van der Waals surface area contributed by atoms with Gasteiger partial charge >= 0.3 is 0 Å². The van der Waals surface area contributed by atoms with Gasteiger partial charge in [-0.15, -0.1) is 0 Å². The van der Waals surface area contributed by atoms with Crippen LogP contribution >= 0.6 is 11.6 Å². The number of amides is 2. The number of carbonyl (C=O) groups is 2. The molecule has 1 aromatic heterocycles. The quantitative estimate of drug-likeness (QED) is 0.583. The highest BCUT2D eigenvalue weighted by molar-refractivity contribution is 6.30. The lowest BCUT2D eigenvalue weighted by Gasteiger charge is -2.30. The SMILES string of the molecule is CN(Cc1ccccc1)C(=O)c1cnc(N2CCNCC2)c(NC(=O)c2ccc(Cl)cc2)c1. The molecular formula is C25H26ClN5O2. The first-order valence-corrected chi connectivity index (χ1v) is 11.2. The second-order valence-electron chi connectivity index (χ2n) is 7.94. The summed E-state index contributed by atoms with van der Waals surface area (Å²) in [5.41, 5.74) is 2.44. The molecule has 1 aliphatic rings. The molecule has 0 radical (unpaired) electrons. The number of aromatic nitrogens is 1. The highest BCUT2D eigenvalue weighted by Crippen LogP contribution is 2.26. The highest BCUT2D eigenvalue weighted by Gasteiger charge is 2.21. The maximum atomic E-state index is 13.1. The molecule has 0 saturated carbocycles. The summed E-state index contributed by atoms with van der Waals surface area (Å²) in [5.74, 6) is 0.202. The highest BCUT2D eigenvalue weighted by atomic mass is 35.5. The van der Waals surface area contributed by atoms with Gasteiger partial charge in [-0.1, -0.05) is 41.9 Å². The predicted molar refractivity (Wildman–Crippen MR) is 131 cm³/mol. The van der Waals surface area contributed by atoms with Crippen LogP contribution in [-0.4, -0.2) is 54.9 Å². The molecule has 2 heterocycles. The molecule has 0 bridgehead atoms. The summed E-state index contributed by atoms with van der Waals surface area (Å²) in [6, 6.07) is 18.2. The van der Waals surface area contributed by atoms with E-state index in [0.717, 1.165) is 31.7 Å². The fourth-order valence-corrected chi connectivity index (χ4v) is 3.87. The molecule has 0 aliphatic carbocycles. The van der Waals surface area contributed by atoms with E-state index in [1.807, 2.05) is 30.3 Å². The number of nitrogens with one attached hydrogen (secondary N) is 2. The summed E-state index contributed by atoms with van der Waals surface area (Å²) in [4.78, 5) is 34.4. The normalized spacial score (nSPS) is 13.5. The molecule has 8 heteroatoms. The molecule has 7 nitrogen and oxygen atoms in total. The van der Waals surface area contributed by atoms with Crippen LogP contribution in [0.3, 0.4) is 0 Å². The van der Waals surface area contributed by atoms with Gasteiger partial charge in [0.1, 0.15) is 0 Å². The van der Waals surface area contributed by atoms with E-state index < -0.39 is 0 Å². The van der Waals surface area contributed by atoms with Gasteiger partial charge in [0.15, 0.2) is 5.82 Å². The molecule has 1 fully saturated rings. The Bertz CT molecular complexity index is 1120. The van der Waals surface area contributed by atoms with Crippen LogP contribution in [0.15, 0.2) is 66.9 Å². The molecule has 2 amide bonds. The molecular weight excluding hydrogens is 438 g/mol. The number of hydrogen-bond acceptors (Lipinski definition) is 5. The van der Waals surface area contributed by atoms with Crippen LogP contribution in [0.2, 0.25) is 5.02 Å². The van der Waals surface area contributed by atoms with Crippen LogP contribution in [0.5, 0.6) is 0 Å². The largest absolute Gasteiger partial charge is 0.352 e. The van der Waals surface area contributed by atoms with Gasteiger partial charge in [0, 0.05) is 56.6 Å². The molecule has 2 N–H and O–H groups in total. The minimum Gasteiger partial charge on any atom is -0.352 e. The maximum Gasteiger partial charge on any atom is 0.255 e. The van der Waals surface area contributed by atoms with Gasteiger partial charge in [-0.25, -0.2) is 4.98 Å². The second-order valence-corrected chi connectivity index (χ2v) is 8.38. The summed E-state index contributed by atoms with van der Waals surface area (Å²) in [7, 11) is 1.76. The molecule has 2 aromatic carbocycles. The first-order chi connectivity index (χ1) is 16.0. The summed E-state index contributed by atoms with van der Waals surface area (Å²) >= 11 is 5.95. The number of rotatable bonds is 6. The van der Waals surface area contributed by atoms with Gasteiger partial charge in [-0.2, -0.15) is 0 Å². The molecule has 170 valence electrons. The minimum absolute atomic E-state index is 0.166. The number of pyridine rings is 1. The average molecular weight is 464 g/mol. The Morgan fingerprint density at radius 2 is 1.76 bits per heavy atom. The first-order valence-electron chi connectivity index (χ1n) is 10.8. The third-order valence-electron chi connectivity index (χ3n) is 5.49. The fourth-order valence-electron chi connectivity index (χ4n) is 3.74. The van der Waals surface area contributed by atoms with E-state index in [9.17, 15) is 9.59 Å². The van der Waals surface area contributed by atoms with Gasteiger partial charge in [0.2, 0.25) is 0 Å². The van der Waals surface area contributed by atoms with E-state index in [2.05, 4.69) is 20.5 Å². The summed E-state index contributed by atoms with van der Waals surface area (Å²) in [6.07, 6.45) is 1.58. The number of carbonyl (C=O) groups excluding carboxylic acids is 2. The van der Waals surface area contributed by atoms with Crippen LogP contribution in [0, 0.1) is 0 Å². The van der Waals surface area contributed by atoms with E-state index >= 15 is 0 Å². The molecule has 0 spiro atoms. The lowest BCUT2D eigenvalue weighted by molar-refractivity contribution is 0.0784. The topological polar surface area (TPSA) is 77.6 Å². The number of anilines is 2. The maximum absolute atomic E-state index is 13.1. The monoisotopic (exact) mass is 463 g/mol. The van der Waals surface area contributed by atoms with Crippen LogP contribution in [0.25, 0.3) is 0 Å². The Kier molecular flexibility index (Phi) is 7.22. The van der Waals surface area contributed by atoms with Crippen molar-refractivity contribution >= 4 is 34.9 Å². The second kappa shape index (κ2) is 10.5. The van der Waals surface area contributed by atoms with Crippen molar-refractivity contribution in [3.05, 3.63) is 88.6 Å². The minimum atomic E-state index is -0.285. The van der Waals surface area contributed by atoms with Crippen LogP contribution < -0.4 is 15.5 Å². The number of halogens is 1. The molecule has 1 saturated heterocycles. The van der Waals surface area contributed by atoms with Crippen LogP contribution in [-0.2, 0) is 6.54 Å². The number of hydrogen-bond donors (Lipinski definition) is 2. The summed E-state index contributed by atoms with van der Waals surface area (Å²) in [5, 5.41) is 6.82. The summed E-state index contributed by atoms with van der Waals surface area (Å²) in [6.45, 7) is 3.65. The smallest absolute Gasteiger partial charge is 0.255 e. The average Bonchev–Trinajstić information content (AvgIpc) is 2.85. The molecule has 3 aromatic rings. The van der Waals surface area contributed by atoms with E-state index in [-0.39, 0.29) is 11.8 Å². The molecule has 33 heavy (non-hydrogen) atoms. The van der Waals surface area contributed by atoms with Crippen molar-refractivity contribution in [1.82, 2.24) is 15.2 Å². The third-order valence-corrected chi connectivity index (χ3v) is 5.75. The zero-order chi connectivity index (χ0) is 23.2. The van der Waals surface area contributed by atoms with Crippen molar-refractivity contribution in [1.29, 1.82) is 0 Å². The number of benzene rings is 2. The van der Waals surface area contributed by atoms with Crippen LogP contribution in [0.4, 0.5) is 11.5 Å². The lowest BCUT2D eigenvalue weighted by Crippen LogP contribution is -2.44. The zero-order valence-electron chi connectivity index (χ0n) is 18.4. The van der Waals surface area contributed by atoms with Gasteiger partial charge in [0.05, 0.1) is 11.3 Å². The van der Waals surface area contributed by atoms with Crippen molar-refractivity contribution in [3.63, 3.8) is 0 Å². The Hall–Kier alpha value is -3.42. The van der Waals surface area contributed by atoms with Crippen molar-refractivity contribution in [2.75, 3.05) is 43.4 Å². The Morgan fingerprint density at radius 1 is 1.06 bits per heavy atom. The van der Waals surface area contributed by atoms with Gasteiger partial charge in [0.25, 0.3) is 11.8 Å². The third kappa shape index (κ3) is 5.69. The number of piperazine rings is 1. The van der Waals surface area contributed by atoms with Crippen molar-refractivity contribution < 1.29 is 9.59 Å². The summed E-state index contributed by atoms with van der Waals surface area (Å²) < 4.78 is 0. The first kappa shape index (κ1) is 22.8. The Balaban J connectivity index is 1.60. The Labute approximate surface area is 198 Å². The molecule has 1 aliphatic heterocycles. The molecule has 0 unspecified atom stereocenters. The standard InChI is InChI=1S/C25H26ClN5O2/c1-30(17-18-5-3-2-4-6-18)25(33)20-15-22(23(28-16-20)31-13-11-27-12-14-31)29-24(32)19-7-9-21(26)10-8-19/h2-10,15-16,27H,11-14,17H2,1H3,(H,29,32). The van der Waals surface area contributed by atoms with E-state index in [1.165, 1.54) is 0 Å². The van der Waals surface area contributed by atoms with Crippen molar-refractivity contribution in [2.45, 2.75) is 6.54 Å². The van der Waals surface area contributed by atoms with Crippen molar-refractivity contribution in [2.24, 2.45) is 0 Å². The Morgan fingerprint density at radius 3 is 2.45 bits per heavy atom. The predicted octanol–water partition coefficient (Wildman–Crippen LogP) is 3.67. The van der Waals surface area contributed by atoms with Gasteiger partial charge < -0.3 is 20.4 Å². The number of nitrogens with zero attached hydrogens (tertiary/aromatic N) is 3. The lowest BCUT2D eigenvalue weighted by atomic mass is 10.1.